The molecule has 0 aromatic heterocycles. The van der Waals surface area contributed by atoms with E-state index in [0.717, 1.165) is 5.69 Å². The molecule has 2 rings (SSSR count). The molecule has 0 saturated heterocycles. The number of amides is 1. The minimum Gasteiger partial charge on any atom is -0.497 e. The van der Waals surface area contributed by atoms with E-state index in [9.17, 15) is 9.90 Å². The molecule has 0 aliphatic carbocycles. The second-order valence-corrected chi connectivity index (χ2v) is 4.16. The molecule has 3 N–H and O–H groups in total. The van der Waals surface area contributed by atoms with E-state index in [-0.39, 0.29) is 0 Å². The first kappa shape index (κ1) is 13.9. The third-order valence-corrected chi connectivity index (χ3v) is 2.76. The second-order valence-electron chi connectivity index (χ2n) is 4.16. The van der Waals surface area contributed by atoms with Crippen LogP contribution in [0.5, 0.6) is 5.75 Å². The molecule has 1 amide bonds. The molecular weight excluding hydrogens is 256 g/mol. The van der Waals surface area contributed by atoms with Crippen LogP contribution in [0.1, 0.15) is 11.7 Å². The zero-order valence-electron chi connectivity index (χ0n) is 11.0. The fourth-order valence-corrected chi connectivity index (χ4v) is 1.69. The van der Waals surface area contributed by atoms with Crippen LogP contribution in [0, 0.1) is 0 Å². The van der Waals surface area contributed by atoms with E-state index in [2.05, 4.69) is 10.9 Å². The van der Waals surface area contributed by atoms with E-state index in [1.165, 1.54) is 7.11 Å². The average Bonchev–Trinajstić information content (AvgIpc) is 2.53. The van der Waals surface area contributed by atoms with Crippen molar-refractivity contribution >= 4 is 11.6 Å². The van der Waals surface area contributed by atoms with Crippen molar-refractivity contribution < 1.29 is 14.6 Å². The maximum Gasteiger partial charge on any atom is 0.271 e. The van der Waals surface area contributed by atoms with Gasteiger partial charge in [0.1, 0.15) is 5.75 Å². The summed E-state index contributed by atoms with van der Waals surface area (Å²) in [7, 11) is 1.53. The highest BCUT2D eigenvalue weighted by atomic mass is 16.5. The van der Waals surface area contributed by atoms with Crippen LogP contribution < -0.4 is 15.6 Å². The molecule has 1 atom stereocenters. The van der Waals surface area contributed by atoms with E-state index in [1.807, 2.05) is 18.2 Å². The second kappa shape index (κ2) is 6.58. The third kappa shape index (κ3) is 3.49. The van der Waals surface area contributed by atoms with Crippen LogP contribution in [0.25, 0.3) is 0 Å². The Morgan fingerprint density at radius 3 is 2.60 bits per heavy atom. The molecule has 5 nitrogen and oxygen atoms in total. The van der Waals surface area contributed by atoms with Crippen molar-refractivity contribution in [2.45, 2.75) is 6.10 Å². The molecule has 2 aromatic carbocycles. The van der Waals surface area contributed by atoms with Crippen molar-refractivity contribution in [1.82, 2.24) is 5.43 Å². The van der Waals surface area contributed by atoms with Gasteiger partial charge in [0.15, 0.2) is 6.10 Å². The highest BCUT2D eigenvalue weighted by Gasteiger charge is 2.17. The summed E-state index contributed by atoms with van der Waals surface area (Å²) in [6, 6.07) is 15.9. The number of anilines is 1. The number of ether oxygens (including phenoxy) is 1. The third-order valence-electron chi connectivity index (χ3n) is 2.76. The summed E-state index contributed by atoms with van der Waals surface area (Å²) in [4.78, 5) is 11.9. The van der Waals surface area contributed by atoms with Gasteiger partial charge in [0, 0.05) is 0 Å². The van der Waals surface area contributed by atoms with Gasteiger partial charge in [-0.05, 0) is 29.8 Å². The van der Waals surface area contributed by atoms with E-state index in [4.69, 9.17) is 4.74 Å². The van der Waals surface area contributed by atoms with E-state index in [0.29, 0.717) is 11.3 Å². The van der Waals surface area contributed by atoms with E-state index in [1.54, 1.807) is 36.4 Å². The van der Waals surface area contributed by atoms with Crippen molar-refractivity contribution in [3.63, 3.8) is 0 Å². The van der Waals surface area contributed by atoms with Crippen LogP contribution in [0.15, 0.2) is 54.6 Å². The monoisotopic (exact) mass is 272 g/mol. The summed E-state index contributed by atoms with van der Waals surface area (Å²) in [6.45, 7) is 0. The van der Waals surface area contributed by atoms with Crippen LogP contribution in [-0.4, -0.2) is 18.1 Å². The number of hydrazine groups is 1. The predicted molar refractivity (Wildman–Crippen MR) is 76.2 cm³/mol. The number of nitrogens with one attached hydrogen (secondary N) is 2. The van der Waals surface area contributed by atoms with Crippen molar-refractivity contribution in [3.05, 3.63) is 60.2 Å². The van der Waals surface area contributed by atoms with Crippen LogP contribution in [0.3, 0.4) is 0 Å². The first-order valence-corrected chi connectivity index (χ1v) is 6.13. The largest absolute Gasteiger partial charge is 0.497 e. The van der Waals surface area contributed by atoms with Gasteiger partial charge in [0.05, 0.1) is 12.8 Å². The molecule has 1 unspecified atom stereocenters. The highest BCUT2D eigenvalue weighted by molar-refractivity contribution is 5.83. The van der Waals surface area contributed by atoms with Gasteiger partial charge in [-0.25, -0.2) is 0 Å². The average molecular weight is 272 g/mol. The number of carbonyl (C=O) groups excluding carboxylic acids is 1. The number of para-hydroxylation sites is 1. The lowest BCUT2D eigenvalue weighted by Crippen LogP contribution is -2.33. The molecule has 20 heavy (non-hydrogen) atoms. The smallest absolute Gasteiger partial charge is 0.271 e. The van der Waals surface area contributed by atoms with Crippen molar-refractivity contribution in [1.29, 1.82) is 0 Å². The predicted octanol–water partition coefficient (Wildman–Crippen LogP) is 1.87. The Morgan fingerprint density at radius 2 is 1.90 bits per heavy atom. The summed E-state index contributed by atoms with van der Waals surface area (Å²) in [6.07, 6.45) is -1.26. The van der Waals surface area contributed by atoms with Gasteiger partial charge >= 0.3 is 0 Å². The maximum atomic E-state index is 11.9. The number of methoxy groups -OCH3 is 1. The Bertz CT molecular complexity index is 572. The Morgan fingerprint density at radius 1 is 1.15 bits per heavy atom. The number of hydrogen-bond donors (Lipinski definition) is 3. The minimum atomic E-state index is -1.26. The molecule has 0 bridgehead atoms. The van der Waals surface area contributed by atoms with Crippen molar-refractivity contribution in [2.75, 3.05) is 12.5 Å². The molecule has 0 fully saturated rings. The zero-order chi connectivity index (χ0) is 14.4. The SMILES string of the molecule is COc1cccc(C(O)C(=O)NNc2ccccc2)c1. The van der Waals surface area contributed by atoms with Crippen molar-refractivity contribution in [2.24, 2.45) is 0 Å². The van der Waals surface area contributed by atoms with Gasteiger partial charge in [-0.3, -0.25) is 15.6 Å². The number of aliphatic hydroxyl groups excluding tert-OH is 1. The number of hydrogen-bond acceptors (Lipinski definition) is 4. The summed E-state index contributed by atoms with van der Waals surface area (Å²) in [5, 5.41) is 9.98. The van der Waals surface area contributed by atoms with Crippen LogP contribution >= 0.6 is 0 Å². The first-order chi connectivity index (χ1) is 9.70. The van der Waals surface area contributed by atoms with Gasteiger partial charge in [0.2, 0.25) is 0 Å². The number of carbonyl (C=O) groups is 1. The molecule has 5 heteroatoms. The molecule has 0 spiro atoms. The fraction of sp³-hybridized carbons (Fsp3) is 0.133. The van der Waals surface area contributed by atoms with Gasteiger partial charge in [0.25, 0.3) is 5.91 Å². The lowest BCUT2D eigenvalue weighted by atomic mass is 10.1. The molecule has 2 aromatic rings. The minimum absolute atomic E-state index is 0.469. The quantitative estimate of drug-likeness (QED) is 0.727. The van der Waals surface area contributed by atoms with Gasteiger partial charge < -0.3 is 9.84 Å². The molecule has 0 saturated carbocycles. The first-order valence-electron chi connectivity index (χ1n) is 6.13. The summed E-state index contributed by atoms with van der Waals surface area (Å²) in [5.41, 5.74) is 6.39. The van der Waals surface area contributed by atoms with Gasteiger partial charge in [-0.1, -0.05) is 30.3 Å². The normalized spacial score (nSPS) is 11.5. The zero-order valence-corrected chi connectivity index (χ0v) is 11.0. The van der Waals surface area contributed by atoms with Crippen molar-refractivity contribution in [3.8, 4) is 5.75 Å². The van der Waals surface area contributed by atoms with Gasteiger partial charge in [-0.2, -0.15) is 0 Å². The number of benzene rings is 2. The topological polar surface area (TPSA) is 70.6 Å². The summed E-state index contributed by atoms with van der Waals surface area (Å²) >= 11 is 0. The standard InChI is InChI=1S/C15H16N2O3/c1-20-13-9-5-6-11(10-13)14(18)15(19)17-16-12-7-3-2-4-8-12/h2-10,14,16,18H,1H3,(H,17,19). The molecular formula is C15H16N2O3. The Balaban J connectivity index is 1.98. The van der Waals surface area contributed by atoms with Crippen LogP contribution in [0.2, 0.25) is 0 Å². The number of aliphatic hydroxyl groups is 1. The van der Waals surface area contributed by atoms with E-state index >= 15 is 0 Å². The molecule has 0 aliphatic heterocycles. The van der Waals surface area contributed by atoms with Crippen LogP contribution in [-0.2, 0) is 4.79 Å². The summed E-state index contributed by atoms with van der Waals surface area (Å²) in [5.74, 6) is 0.0486. The lowest BCUT2D eigenvalue weighted by Gasteiger charge is -2.13. The highest BCUT2D eigenvalue weighted by Crippen LogP contribution is 2.19. The molecule has 0 aliphatic rings. The molecule has 0 heterocycles. The fourth-order valence-electron chi connectivity index (χ4n) is 1.69. The lowest BCUT2D eigenvalue weighted by molar-refractivity contribution is -0.129. The van der Waals surface area contributed by atoms with Crippen LogP contribution in [0.4, 0.5) is 5.69 Å². The Hall–Kier alpha value is -2.53. The molecule has 104 valence electrons. The summed E-state index contributed by atoms with van der Waals surface area (Å²) < 4.78 is 5.06. The van der Waals surface area contributed by atoms with E-state index < -0.39 is 12.0 Å². The Kier molecular flexibility index (Phi) is 4.57. The molecule has 0 radical (unpaired) electrons. The number of rotatable bonds is 5. The Labute approximate surface area is 117 Å². The maximum absolute atomic E-state index is 11.9. The van der Waals surface area contributed by atoms with Gasteiger partial charge in [-0.15, -0.1) is 0 Å².